The zero-order chi connectivity index (χ0) is 22.8. The van der Waals surface area contributed by atoms with Crippen LogP contribution < -0.4 is 26.2 Å². The van der Waals surface area contributed by atoms with Crippen molar-refractivity contribution < 1.29 is 9.47 Å². The molecular weight excluding hydrogens is 432 g/mol. The normalized spacial score (nSPS) is 18.8. The molecule has 1 saturated heterocycles. The van der Waals surface area contributed by atoms with E-state index in [1.165, 1.54) is 4.57 Å². The largest absolute Gasteiger partial charge is 0.489 e. The van der Waals surface area contributed by atoms with Crippen LogP contribution in [0.25, 0.3) is 6.08 Å². The van der Waals surface area contributed by atoms with Crippen LogP contribution in [0.2, 0.25) is 5.02 Å². The molecule has 0 bridgehead atoms. The Morgan fingerprint density at radius 3 is 2.56 bits per heavy atom. The van der Waals surface area contributed by atoms with E-state index >= 15 is 0 Å². The number of aromatic nitrogens is 2. The SMILES string of the molecule is CCn1c2c(c(=O)n(CC)c1=O)N(C)C(/C=C/c1ccc(OC3CCOCC3)c(Cl)c1)N2. The van der Waals surface area contributed by atoms with Crippen LogP contribution in [0.3, 0.4) is 0 Å². The molecule has 2 aliphatic rings. The summed E-state index contributed by atoms with van der Waals surface area (Å²) in [6.07, 6.45) is 5.48. The highest BCUT2D eigenvalue weighted by Gasteiger charge is 2.31. The van der Waals surface area contributed by atoms with E-state index in [1.54, 1.807) is 11.5 Å². The third-order valence-corrected chi connectivity index (χ3v) is 6.28. The Morgan fingerprint density at radius 2 is 1.91 bits per heavy atom. The van der Waals surface area contributed by atoms with Gasteiger partial charge in [0, 0.05) is 33.0 Å². The van der Waals surface area contributed by atoms with Gasteiger partial charge in [0.05, 0.1) is 18.2 Å². The molecule has 2 aromatic rings. The van der Waals surface area contributed by atoms with E-state index in [2.05, 4.69) is 5.32 Å². The Balaban J connectivity index is 1.53. The first-order chi connectivity index (χ1) is 15.4. The topological polar surface area (TPSA) is 77.7 Å². The number of nitrogens with one attached hydrogen (secondary N) is 1. The molecule has 1 fully saturated rings. The van der Waals surface area contributed by atoms with Gasteiger partial charge < -0.3 is 19.7 Å². The number of likely N-dealkylation sites (N-methyl/N-ethyl adjacent to an activating group) is 1. The van der Waals surface area contributed by atoms with E-state index in [4.69, 9.17) is 21.1 Å². The summed E-state index contributed by atoms with van der Waals surface area (Å²) >= 11 is 6.46. The lowest BCUT2D eigenvalue weighted by Gasteiger charge is -2.23. The van der Waals surface area contributed by atoms with Crippen LogP contribution in [0.15, 0.2) is 33.9 Å². The minimum atomic E-state index is -0.295. The zero-order valence-electron chi connectivity index (χ0n) is 18.6. The third kappa shape index (κ3) is 4.17. The van der Waals surface area contributed by atoms with Gasteiger partial charge in [-0.15, -0.1) is 0 Å². The van der Waals surface area contributed by atoms with Crippen LogP contribution in [-0.4, -0.2) is 41.7 Å². The molecule has 1 aromatic carbocycles. The van der Waals surface area contributed by atoms with E-state index < -0.39 is 0 Å². The molecule has 8 nitrogen and oxygen atoms in total. The zero-order valence-corrected chi connectivity index (χ0v) is 19.4. The van der Waals surface area contributed by atoms with Gasteiger partial charge in [-0.3, -0.25) is 13.9 Å². The van der Waals surface area contributed by atoms with Crippen molar-refractivity contribution in [1.82, 2.24) is 9.13 Å². The summed E-state index contributed by atoms with van der Waals surface area (Å²) in [4.78, 5) is 27.4. The van der Waals surface area contributed by atoms with Crippen molar-refractivity contribution in [2.45, 2.75) is 52.0 Å². The van der Waals surface area contributed by atoms with E-state index in [1.807, 2.05) is 49.2 Å². The number of hydrogen-bond donors (Lipinski definition) is 1. The fraction of sp³-hybridized carbons (Fsp3) is 0.478. The molecule has 0 radical (unpaired) electrons. The van der Waals surface area contributed by atoms with Gasteiger partial charge in [-0.05, 0) is 37.6 Å². The molecule has 32 heavy (non-hydrogen) atoms. The Kier molecular flexibility index (Phi) is 6.62. The molecule has 1 unspecified atom stereocenters. The van der Waals surface area contributed by atoms with E-state index in [0.29, 0.717) is 48.6 Å². The number of hydrogen-bond acceptors (Lipinski definition) is 6. The van der Waals surface area contributed by atoms with Crippen LogP contribution in [0.1, 0.15) is 32.3 Å². The lowest BCUT2D eigenvalue weighted by atomic mass is 10.1. The lowest BCUT2D eigenvalue weighted by Crippen LogP contribution is -2.41. The van der Waals surface area contributed by atoms with Gasteiger partial charge in [-0.25, -0.2) is 4.79 Å². The standard InChI is InChI=1S/C23H29ClN4O4/c1-4-27-21-20(22(29)28(5-2)23(27)30)26(3)19(25-21)9-7-15-6-8-18(17(24)14-15)32-16-10-12-31-13-11-16/h6-9,14,16,19,25H,4-5,10-13H2,1-3H3/b9-7+. The van der Waals surface area contributed by atoms with E-state index in [0.717, 1.165) is 18.4 Å². The molecule has 1 aromatic heterocycles. The van der Waals surface area contributed by atoms with Crippen molar-refractivity contribution in [2.75, 3.05) is 30.5 Å². The van der Waals surface area contributed by atoms with Gasteiger partial charge in [0.25, 0.3) is 5.56 Å². The second-order valence-electron chi connectivity index (χ2n) is 7.95. The van der Waals surface area contributed by atoms with Crippen molar-refractivity contribution in [3.63, 3.8) is 0 Å². The number of rotatable bonds is 6. The predicted molar refractivity (Wildman–Crippen MR) is 127 cm³/mol. The summed E-state index contributed by atoms with van der Waals surface area (Å²) in [6.45, 7) is 5.92. The summed E-state index contributed by atoms with van der Waals surface area (Å²) < 4.78 is 14.3. The fourth-order valence-corrected chi connectivity index (χ4v) is 4.40. The summed E-state index contributed by atoms with van der Waals surface area (Å²) in [5, 5.41) is 3.86. The minimum Gasteiger partial charge on any atom is -0.489 e. The minimum absolute atomic E-state index is 0.126. The molecule has 4 rings (SSSR count). The highest BCUT2D eigenvalue weighted by Crippen LogP contribution is 2.31. The maximum Gasteiger partial charge on any atom is 0.332 e. The average molecular weight is 461 g/mol. The summed E-state index contributed by atoms with van der Waals surface area (Å²) in [6, 6.07) is 5.69. The predicted octanol–water partition coefficient (Wildman–Crippen LogP) is 3.16. The molecule has 0 amide bonds. The van der Waals surface area contributed by atoms with Gasteiger partial charge in [-0.1, -0.05) is 23.7 Å². The van der Waals surface area contributed by atoms with Gasteiger partial charge in [0.2, 0.25) is 0 Å². The fourth-order valence-electron chi connectivity index (χ4n) is 4.17. The van der Waals surface area contributed by atoms with Gasteiger partial charge in [-0.2, -0.15) is 0 Å². The number of anilines is 2. The van der Waals surface area contributed by atoms with Crippen LogP contribution in [-0.2, 0) is 17.8 Å². The van der Waals surface area contributed by atoms with Gasteiger partial charge >= 0.3 is 5.69 Å². The second kappa shape index (κ2) is 9.42. The van der Waals surface area contributed by atoms with Crippen LogP contribution in [0.5, 0.6) is 5.75 Å². The van der Waals surface area contributed by atoms with Gasteiger partial charge in [0.15, 0.2) is 0 Å². The summed E-state index contributed by atoms with van der Waals surface area (Å²) in [5.41, 5.74) is 0.845. The smallest absolute Gasteiger partial charge is 0.332 e. The molecule has 1 atom stereocenters. The Hall–Kier alpha value is -2.71. The molecule has 0 saturated carbocycles. The molecule has 2 aliphatic heterocycles. The number of halogens is 1. The monoisotopic (exact) mass is 460 g/mol. The Morgan fingerprint density at radius 1 is 1.19 bits per heavy atom. The Labute approximate surface area is 192 Å². The maximum atomic E-state index is 12.9. The molecule has 3 heterocycles. The molecule has 0 spiro atoms. The van der Waals surface area contributed by atoms with Crippen molar-refractivity contribution in [3.05, 3.63) is 55.7 Å². The van der Waals surface area contributed by atoms with Gasteiger partial charge in [0.1, 0.15) is 29.5 Å². The maximum absolute atomic E-state index is 12.9. The van der Waals surface area contributed by atoms with Crippen molar-refractivity contribution in [2.24, 2.45) is 0 Å². The third-order valence-electron chi connectivity index (χ3n) is 5.98. The lowest BCUT2D eigenvalue weighted by molar-refractivity contribution is 0.0256. The molecule has 0 aliphatic carbocycles. The van der Waals surface area contributed by atoms with Crippen molar-refractivity contribution >= 4 is 29.2 Å². The first-order valence-corrected chi connectivity index (χ1v) is 11.4. The number of benzene rings is 1. The first-order valence-electron chi connectivity index (χ1n) is 11.0. The van der Waals surface area contributed by atoms with Crippen molar-refractivity contribution in [1.29, 1.82) is 0 Å². The molecular formula is C23H29ClN4O4. The van der Waals surface area contributed by atoms with E-state index in [9.17, 15) is 9.59 Å². The highest BCUT2D eigenvalue weighted by atomic mass is 35.5. The van der Waals surface area contributed by atoms with Crippen molar-refractivity contribution in [3.8, 4) is 5.75 Å². The summed E-state index contributed by atoms with van der Waals surface area (Å²) in [7, 11) is 1.84. The Bertz CT molecular complexity index is 1130. The number of ether oxygens (including phenoxy) is 2. The van der Waals surface area contributed by atoms with Crippen LogP contribution in [0, 0.1) is 0 Å². The highest BCUT2D eigenvalue weighted by molar-refractivity contribution is 6.32. The second-order valence-corrected chi connectivity index (χ2v) is 8.36. The van der Waals surface area contributed by atoms with E-state index in [-0.39, 0.29) is 23.5 Å². The quantitative estimate of drug-likeness (QED) is 0.713. The number of nitrogens with zero attached hydrogens (tertiary/aromatic N) is 3. The molecule has 172 valence electrons. The number of fused-ring (bicyclic) bond motifs is 1. The average Bonchev–Trinajstić information content (AvgIpc) is 3.11. The first kappa shape index (κ1) is 22.5. The van der Waals surface area contributed by atoms with Crippen LogP contribution in [0.4, 0.5) is 11.5 Å². The molecule has 9 heteroatoms. The molecule has 1 N–H and O–H groups in total. The van der Waals surface area contributed by atoms with Crippen LogP contribution >= 0.6 is 11.6 Å². The summed E-state index contributed by atoms with van der Waals surface area (Å²) in [5.74, 6) is 1.23.